The Balaban J connectivity index is 1.33. The van der Waals surface area contributed by atoms with Gasteiger partial charge in [0, 0.05) is 37.5 Å². The van der Waals surface area contributed by atoms with Crippen molar-refractivity contribution in [1.82, 2.24) is 9.80 Å². The number of carbonyl (C=O) groups excluding carboxylic acids is 2. The third kappa shape index (κ3) is 5.58. The molecule has 0 spiro atoms. The molecule has 28 heavy (non-hydrogen) atoms. The molecule has 0 bridgehead atoms. The van der Waals surface area contributed by atoms with Gasteiger partial charge in [-0.25, -0.2) is 0 Å². The minimum atomic E-state index is 0.0819. The molecule has 1 aromatic carbocycles. The number of rotatable bonds is 7. The van der Waals surface area contributed by atoms with E-state index in [1.165, 1.54) is 16.9 Å². The average Bonchev–Trinajstić information content (AvgIpc) is 3.13. The van der Waals surface area contributed by atoms with Crippen molar-refractivity contribution in [3.05, 3.63) is 51.7 Å². The van der Waals surface area contributed by atoms with Crippen LogP contribution in [0, 0.1) is 13.8 Å². The van der Waals surface area contributed by atoms with E-state index in [9.17, 15) is 9.59 Å². The second-order valence-corrected chi connectivity index (χ2v) is 8.49. The summed E-state index contributed by atoms with van der Waals surface area (Å²) in [6.45, 7) is 7.13. The Bertz CT molecular complexity index is 810. The zero-order valence-electron chi connectivity index (χ0n) is 16.6. The van der Waals surface area contributed by atoms with Gasteiger partial charge in [0.15, 0.2) is 0 Å². The number of piperazine rings is 1. The Labute approximate surface area is 170 Å². The number of carbonyl (C=O) groups is 2. The monoisotopic (exact) mass is 400 g/mol. The Hall–Kier alpha value is -2.34. The third-order valence-corrected chi connectivity index (χ3v) is 5.90. The fourth-order valence-corrected chi connectivity index (χ4v) is 4.13. The largest absolute Gasteiger partial charge is 0.494 e. The number of aryl methyl sites for hydroxylation is 2. The topological polar surface area (TPSA) is 49.9 Å². The number of thiophene rings is 1. The van der Waals surface area contributed by atoms with Crippen LogP contribution in [-0.2, 0) is 4.79 Å². The molecular weight excluding hydrogens is 372 g/mol. The molecule has 0 aliphatic carbocycles. The second kappa shape index (κ2) is 9.73. The maximum atomic E-state index is 12.5. The molecule has 0 unspecified atom stereocenters. The minimum absolute atomic E-state index is 0.0819. The summed E-state index contributed by atoms with van der Waals surface area (Å²) in [6.07, 6.45) is 2.21. The molecule has 2 aromatic rings. The van der Waals surface area contributed by atoms with Gasteiger partial charge in [-0.2, -0.15) is 0 Å². The van der Waals surface area contributed by atoms with Gasteiger partial charge < -0.3 is 14.5 Å². The van der Waals surface area contributed by atoms with E-state index in [1.54, 1.807) is 0 Å². The van der Waals surface area contributed by atoms with Crippen LogP contribution in [0.3, 0.4) is 0 Å². The molecule has 1 aromatic heterocycles. The number of hydrogen-bond donors (Lipinski definition) is 0. The Kier molecular flexibility index (Phi) is 7.09. The lowest BCUT2D eigenvalue weighted by atomic mass is 10.2. The van der Waals surface area contributed by atoms with Crippen molar-refractivity contribution >= 4 is 23.2 Å². The van der Waals surface area contributed by atoms with E-state index in [0.717, 1.165) is 28.3 Å². The highest BCUT2D eigenvalue weighted by atomic mass is 32.1. The summed E-state index contributed by atoms with van der Waals surface area (Å²) < 4.78 is 5.73. The van der Waals surface area contributed by atoms with E-state index in [4.69, 9.17) is 4.74 Å². The predicted octanol–water partition coefficient (Wildman–Crippen LogP) is 3.90. The Morgan fingerprint density at radius 3 is 2.43 bits per heavy atom. The quantitative estimate of drug-likeness (QED) is 0.663. The molecule has 1 saturated heterocycles. The molecule has 5 nitrogen and oxygen atoms in total. The molecule has 6 heteroatoms. The van der Waals surface area contributed by atoms with Crippen LogP contribution in [0.4, 0.5) is 0 Å². The molecule has 0 N–H and O–H groups in total. The number of nitrogens with zero attached hydrogens (tertiary/aromatic N) is 2. The predicted molar refractivity (Wildman–Crippen MR) is 112 cm³/mol. The van der Waals surface area contributed by atoms with Crippen LogP contribution in [0.25, 0.3) is 0 Å². The van der Waals surface area contributed by atoms with Crippen LogP contribution in [0.15, 0.2) is 36.4 Å². The summed E-state index contributed by atoms with van der Waals surface area (Å²) in [5.74, 6) is 1.14. The van der Waals surface area contributed by atoms with Gasteiger partial charge in [-0.3, -0.25) is 9.59 Å². The second-order valence-electron chi connectivity index (χ2n) is 7.21. The van der Waals surface area contributed by atoms with Gasteiger partial charge in [0.25, 0.3) is 5.91 Å². The van der Waals surface area contributed by atoms with Crippen LogP contribution < -0.4 is 4.74 Å². The fraction of sp³-hybridized carbons (Fsp3) is 0.455. The maximum absolute atomic E-state index is 12.5. The number of hydrogen-bond acceptors (Lipinski definition) is 4. The highest BCUT2D eigenvalue weighted by Gasteiger charge is 2.25. The van der Waals surface area contributed by atoms with Gasteiger partial charge in [-0.05, 0) is 56.5 Å². The minimum Gasteiger partial charge on any atom is -0.494 e. The van der Waals surface area contributed by atoms with E-state index < -0.39 is 0 Å². The van der Waals surface area contributed by atoms with Crippen molar-refractivity contribution in [1.29, 1.82) is 0 Å². The van der Waals surface area contributed by atoms with Gasteiger partial charge >= 0.3 is 0 Å². The molecule has 0 atom stereocenters. The van der Waals surface area contributed by atoms with Crippen LogP contribution in [-0.4, -0.2) is 54.4 Å². The standard InChI is InChI=1S/C22H28N2O3S/c1-17-6-5-7-19(16-17)27-15-4-3-8-21(25)23-11-13-24(14-12-23)22(26)20-10-9-18(2)28-20/h5-7,9-10,16H,3-4,8,11-15H2,1-2H3. The molecule has 3 rings (SSSR count). The van der Waals surface area contributed by atoms with E-state index in [1.807, 2.05) is 60.0 Å². The van der Waals surface area contributed by atoms with E-state index in [2.05, 4.69) is 0 Å². The Morgan fingerprint density at radius 1 is 1.00 bits per heavy atom. The van der Waals surface area contributed by atoms with Crippen molar-refractivity contribution in [3.8, 4) is 5.75 Å². The summed E-state index contributed by atoms with van der Waals surface area (Å²) in [5.41, 5.74) is 1.18. The highest BCUT2D eigenvalue weighted by molar-refractivity contribution is 7.13. The average molecular weight is 401 g/mol. The van der Waals surface area contributed by atoms with Gasteiger partial charge in [-0.1, -0.05) is 12.1 Å². The lowest BCUT2D eigenvalue weighted by Gasteiger charge is -2.34. The van der Waals surface area contributed by atoms with E-state index in [0.29, 0.717) is 39.2 Å². The summed E-state index contributed by atoms with van der Waals surface area (Å²) in [7, 11) is 0. The van der Waals surface area contributed by atoms with Crippen LogP contribution in [0.2, 0.25) is 0 Å². The highest BCUT2D eigenvalue weighted by Crippen LogP contribution is 2.18. The van der Waals surface area contributed by atoms with Crippen LogP contribution in [0.5, 0.6) is 5.75 Å². The first-order valence-electron chi connectivity index (χ1n) is 9.86. The summed E-state index contributed by atoms with van der Waals surface area (Å²) in [5, 5.41) is 0. The first-order chi connectivity index (χ1) is 13.5. The first-order valence-corrected chi connectivity index (χ1v) is 10.7. The van der Waals surface area contributed by atoms with Crippen molar-refractivity contribution in [2.45, 2.75) is 33.1 Å². The number of unbranched alkanes of at least 4 members (excludes halogenated alkanes) is 1. The van der Waals surface area contributed by atoms with E-state index >= 15 is 0 Å². The van der Waals surface area contributed by atoms with Crippen molar-refractivity contribution < 1.29 is 14.3 Å². The normalized spacial score (nSPS) is 14.2. The van der Waals surface area contributed by atoms with Gasteiger partial charge in [0.05, 0.1) is 11.5 Å². The number of amides is 2. The summed E-state index contributed by atoms with van der Waals surface area (Å²) in [6, 6.07) is 11.9. The molecule has 0 saturated carbocycles. The molecule has 1 aliphatic rings. The first kappa shape index (κ1) is 20.4. The smallest absolute Gasteiger partial charge is 0.264 e. The van der Waals surface area contributed by atoms with Gasteiger partial charge in [-0.15, -0.1) is 11.3 Å². The summed E-state index contributed by atoms with van der Waals surface area (Å²) >= 11 is 1.53. The molecule has 2 amide bonds. The molecule has 150 valence electrons. The molecule has 1 fully saturated rings. The van der Waals surface area contributed by atoms with Crippen molar-refractivity contribution in [2.24, 2.45) is 0 Å². The molecular formula is C22H28N2O3S. The van der Waals surface area contributed by atoms with Crippen molar-refractivity contribution in [3.63, 3.8) is 0 Å². The maximum Gasteiger partial charge on any atom is 0.264 e. The number of benzene rings is 1. The molecule has 1 aliphatic heterocycles. The lowest BCUT2D eigenvalue weighted by Crippen LogP contribution is -2.50. The fourth-order valence-electron chi connectivity index (χ4n) is 3.30. The molecule has 0 radical (unpaired) electrons. The van der Waals surface area contributed by atoms with Gasteiger partial charge in [0.2, 0.25) is 5.91 Å². The van der Waals surface area contributed by atoms with Gasteiger partial charge in [0.1, 0.15) is 5.75 Å². The zero-order valence-corrected chi connectivity index (χ0v) is 17.5. The van der Waals surface area contributed by atoms with Crippen LogP contribution in [0.1, 0.15) is 39.4 Å². The summed E-state index contributed by atoms with van der Waals surface area (Å²) in [4.78, 5) is 30.6. The third-order valence-electron chi connectivity index (χ3n) is 4.91. The molecule has 2 heterocycles. The number of ether oxygens (including phenoxy) is 1. The van der Waals surface area contributed by atoms with E-state index in [-0.39, 0.29) is 11.8 Å². The Morgan fingerprint density at radius 2 is 1.75 bits per heavy atom. The van der Waals surface area contributed by atoms with Crippen molar-refractivity contribution in [2.75, 3.05) is 32.8 Å². The van der Waals surface area contributed by atoms with Crippen LogP contribution >= 0.6 is 11.3 Å². The SMILES string of the molecule is Cc1cccc(OCCCCC(=O)N2CCN(C(=O)c3ccc(C)s3)CC2)c1. The zero-order chi connectivity index (χ0) is 19.9. The lowest BCUT2D eigenvalue weighted by molar-refractivity contribution is -0.132.